The third-order valence-electron chi connectivity index (χ3n) is 7.46. The number of aliphatic hydroxyl groups is 2. The predicted molar refractivity (Wildman–Crippen MR) is 139 cm³/mol. The number of hydrogen-bond acceptors (Lipinski definition) is 8. The van der Waals surface area contributed by atoms with Crippen molar-refractivity contribution in [1.29, 1.82) is 0 Å². The number of aromatic nitrogens is 1. The summed E-state index contributed by atoms with van der Waals surface area (Å²) < 4.78 is 11.7. The maximum atomic E-state index is 13.2. The van der Waals surface area contributed by atoms with Gasteiger partial charge in [0.25, 0.3) is 0 Å². The molecular formula is C26H38BrNO6S. The molecule has 2 N–H and O–H groups in total. The first kappa shape index (κ1) is 28.4. The third kappa shape index (κ3) is 7.22. The van der Waals surface area contributed by atoms with Crippen LogP contribution in [0.5, 0.6) is 0 Å². The Hall–Kier alpha value is -1.13. The molecule has 1 aromatic rings. The summed E-state index contributed by atoms with van der Waals surface area (Å²) in [6, 6.07) is 0. The van der Waals surface area contributed by atoms with Crippen molar-refractivity contribution in [2.45, 2.75) is 103 Å². The first-order valence-corrected chi connectivity index (χ1v) is 14.4. The number of carbonyl (C=O) groups excluding carboxylic acids is 2. The quantitative estimate of drug-likeness (QED) is 0.308. The van der Waals surface area contributed by atoms with Crippen LogP contribution in [0.15, 0.2) is 11.0 Å². The van der Waals surface area contributed by atoms with E-state index >= 15 is 0 Å². The molecule has 0 aliphatic carbocycles. The largest absolute Gasteiger partial charge is 0.458 e. The molecule has 3 heterocycles. The topological polar surface area (TPSA) is 109 Å². The summed E-state index contributed by atoms with van der Waals surface area (Å²) in [5.74, 6) is -1.53. The van der Waals surface area contributed by atoms with E-state index in [4.69, 9.17) is 9.47 Å². The summed E-state index contributed by atoms with van der Waals surface area (Å²) in [5, 5.41) is 25.2. The van der Waals surface area contributed by atoms with Gasteiger partial charge >= 0.3 is 5.97 Å². The number of hydrogen-bond donors (Lipinski definition) is 2. The molecule has 35 heavy (non-hydrogen) atoms. The molecular weight excluding hydrogens is 534 g/mol. The Morgan fingerprint density at radius 3 is 2.63 bits per heavy atom. The number of halogens is 1. The molecule has 0 bridgehead atoms. The van der Waals surface area contributed by atoms with Gasteiger partial charge in [0, 0.05) is 17.7 Å². The molecule has 9 heteroatoms. The van der Waals surface area contributed by atoms with Crippen molar-refractivity contribution in [2.24, 2.45) is 17.3 Å². The molecule has 2 fully saturated rings. The molecule has 7 atom stereocenters. The SMILES string of the molecule is CC(=Cc1csc(CBr)n1)C1CC2OC2CCCC(C)C(O)C(C)C(=O)C(C)(C)C(O)CC(=O)O1. The first-order valence-electron chi connectivity index (χ1n) is 12.4. The van der Waals surface area contributed by atoms with Gasteiger partial charge in [0.05, 0.1) is 47.3 Å². The zero-order chi connectivity index (χ0) is 25.9. The molecule has 2 aliphatic heterocycles. The minimum Gasteiger partial charge on any atom is -0.458 e. The van der Waals surface area contributed by atoms with Crippen LogP contribution in [0, 0.1) is 17.3 Å². The van der Waals surface area contributed by atoms with Gasteiger partial charge in [-0.2, -0.15) is 0 Å². The van der Waals surface area contributed by atoms with Crippen molar-refractivity contribution in [3.05, 3.63) is 21.7 Å². The number of ether oxygens (including phenoxy) is 2. The molecule has 196 valence electrons. The van der Waals surface area contributed by atoms with Crippen LogP contribution in [0.25, 0.3) is 6.08 Å². The third-order valence-corrected chi connectivity index (χ3v) is 9.23. The first-order chi connectivity index (χ1) is 16.4. The van der Waals surface area contributed by atoms with Crippen molar-refractivity contribution in [3.63, 3.8) is 0 Å². The Morgan fingerprint density at radius 1 is 1.26 bits per heavy atom. The minimum absolute atomic E-state index is 0.000289. The van der Waals surface area contributed by atoms with E-state index in [9.17, 15) is 19.8 Å². The van der Waals surface area contributed by atoms with E-state index in [1.165, 1.54) is 0 Å². The van der Waals surface area contributed by atoms with E-state index in [0.717, 1.165) is 35.5 Å². The monoisotopic (exact) mass is 571 g/mol. The van der Waals surface area contributed by atoms with Crippen LogP contribution in [-0.4, -0.2) is 57.5 Å². The molecule has 2 saturated heterocycles. The Morgan fingerprint density at radius 2 is 1.97 bits per heavy atom. The number of carbonyl (C=O) groups is 2. The summed E-state index contributed by atoms with van der Waals surface area (Å²) in [6.45, 7) is 8.81. The standard InChI is InChI=1S/C26H38BrNO6S/c1-14-7-6-8-18-20(33-18)10-19(15(2)9-17-13-35-22(12-27)28-17)34-23(30)11-21(29)26(4,5)25(32)16(3)24(14)31/h9,13-14,16,18-21,24,29,31H,6-8,10-12H2,1-5H3. The second-order valence-corrected chi connectivity index (χ2v) is 12.1. The summed E-state index contributed by atoms with van der Waals surface area (Å²) in [7, 11) is 0. The molecule has 0 spiro atoms. The number of cyclic esters (lactones) is 1. The summed E-state index contributed by atoms with van der Waals surface area (Å²) >= 11 is 4.97. The fraction of sp³-hybridized carbons (Fsp3) is 0.731. The van der Waals surface area contributed by atoms with Gasteiger partial charge in [0.15, 0.2) is 0 Å². The van der Waals surface area contributed by atoms with Crippen molar-refractivity contribution in [3.8, 4) is 0 Å². The van der Waals surface area contributed by atoms with Crippen LogP contribution in [0.3, 0.4) is 0 Å². The van der Waals surface area contributed by atoms with Crippen LogP contribution in [0.4, 0.5) is 0 Å². The lowest BCUT2D eigenvalue weighted by atomic mass is 9.73. The zero-order valence-electron chi connectivity index (χ0n) is 21.2. The van der Waals surface area contributed by atoms with Crippen LogP contribution < -0.4 is 0 Å². The highest BCUT2D eigenvalue weighted by molar-refractivity contribution is 9.08. The molecule has 7 unspecified atom stereocenters. The zero-order valence-corrected chi connectivity index (χ0v) is 23.6. The van der Waals surface area contributed by atoms with Gasteiger partial charge in [0.1, 0.15) is 16.9 Å². The number of nitrogens with zero attached hydrogens (tertiary/aromatic N) is 1. The maximum absolute atomic E-state index is 13.2. The Balaban J connectivity index is 1.81. The number of fused-ring (bicyclic) bond motifs is 1. The minimum atomic E-state index is -1.23. The normalized spacial score (nSPS) is 35.3. The van der Waals surface area contributed by atoms with Crippen molar-refractivity contribution in [1.82, 2.24) is 4.98 Å². The number of epoxide rings is 1. The second kappa shape index (κ2) is 11.9. The van der Waals surface area contributed by atoms with Crippen LogP contribution in [0.2, 0.25) is 0 Å². The lowest BCUT2D eigenvalue weighted by Gasteiger charge is -2.34. The molecule has 7 nitrogen and oxygen atoms in total. The van der Waals surface area contributed by atoms with E-state index in [1.807, 2.05) is 25.3 Å². The molecule has 0 amide bonds. The fourth-order valence-corrected chi connectivity index (χ4v) is 5.91. The van der Waals surface area contributed by atoms with Gasteiger partial charge in [-0.15, -0.1) is 11.3 Å². The van der Waals surface area contributed by atoms with Crippen LogP contribution in [0.1, 0.15) is 77.4 Å². The Labute approximate surface area is 220 Å². The smallest absolute Gasteiger partial charge is 0.309 e. The van der Waals surface area contributed by atoms with Crippen molar-refractivity contribution in [2.75, 3.05) is 0 Å². The summed E-state index contributed by atoms with van der Waals surface area (Å²) in [4.78, 5) is 30.6. The fourth-order valence-electron chi connectivity index (χ4n) is 4.79. The maximum Gasteiger partial charge on any atom is 0.309 e. The lowest BCUT2D eigenvalue weighted by molar-refractivity contribution is -0.154. The molecule has 1 aromatic heterocycles. The van der Waals surface area contributed by atoms with Crippen LogP contribution in [-0.2, 0) is 24.4 Å². The molecule has 0 radical (unpaired) electrons. The molecule has 3 rings (SSSR count). The molecule has 0 aromatic carbocycles. The van der Waals surface area contributed by atoms with Crippen LogP contribution >= 0.6 is 27.3 Å². The number of rotatable bonds is 3. The average Bonchev–Trinajstić information content (AvgIpc) is 3.38. The Bertz CT molecular complexity index is 931. The summed E-state index contributed by atoms with van der Waals surface area (Å²) in [6.07, 6.45) is 2.22. The van der Waals surface area contributed by atoms with Gasteiger partial charge in [-0.1, -0.05) is 50.0 Å². The Kier molecular flexibility index (Phi) is 9.71. The number of Topliss-reactive ketones (excluding diaryl/α,β-unsaturated/α-hetero) is 1. The highest BCUT2D eigenvalue weighted by Gasteiger charge is 2.44. The van der Waals surface area contributed by atoms with Gasteiger partial charge in [-0.3, -0.25) is 9.59 Å². The average molecular weight is 573 g/mol. The number of esters is 1. The number of ketones is 1. The van der Waals surface area contributed by atoms with Crippen molar-refractivity contribution >= 4 is 45.1 Å². The van der Waals surface area contributed by atoms with Gasteiger partial charge in [-0.05, 0) is 37.3 Å². The number of thiazole rings is 1. The second-order valence-electron chi connectivity index (χ2n) is 10.6. The van der Waals surface area contributed by atoms with E-state index in [1.54, 1.807) is 32.1 Å². The van der Waals surface area contributed by atoms with E-state index in [2.05, 4.69) is 20.9 Å². The highest BCUT2D eigenvalue weighted by Crippen LogP contribution is 2.36. The number of aliphatic hydroxyl groups excluding tert-OH is 2. The predicted octanol–water partition coefficient (Wildman–Crippen LogP) is 4.67. The lowest BCUT2D eigenvalue weighted by Crippen LogP contribution is -2.45. The van der Waals surface area contributed by atoms with Gasteiger partial charge in [0.2, 0.25) is 0 Å². The molecule has 0 saturated carbocycles. The van der Waals surface area contributed by atoms with E-state index < -0.39 is 35.6 Å². The molecule has 2 aliphatic rings. The van der Waals surface area contributed by atoms with E-state index in [0.29, 0.717) is 11.8 Å². The van der Waals surface area contributed by atoms with E-state index in [-0.39, 0.29) is 30.3 Å². The van der Waals surface area contributed by atoms with Gasteiger partial charge in [-0.25, -0.2) is 4.98 Å². The van der Waals surface area contributed by atoms with Crippen molar-refractivity contribution < 1.29 is 29.3 Å². The number of alkyl halides is 1. The summed E-state index contributed by atoms with van der Waals surface area (Å²) in [5.41, 5.74) is 0.468. The van der Waals surface area contributed by atoms with Gasteiger partial charge < -0.3 is 19.7 Å². The highest BCUT2D eigenvalue weighted by atomic mass is 79.9.